The van der Waals surface area contributed by atoms with Crippen LogP contribution in [0.15, 0.2) is 53.4 Å². The molecule has 29 heavy (non-hydrogen) atoms. The second-order valence-corrected chi connectivity index (χ2v) is 9.47. The van der Waals surface area contributed by atoms with Crippen molar-refractivity contribution in [2.75, 3.05) is 19.6 Å². The number of nitriles is 1. The van der Waals surface area contributed by atoms with E-state index in [1.807, 2.05) is 23.1 Å². The first kappa shape index (κ1) is 19.6. The Morgan fingerprint density at radius 2 is 1.62 bits per heavy atom. The standard InChI is InChI=1S/C22H23N3O3S/c23-15-19-6-3-4-8-21(19)29(27,28)25-13-10-18(11-14-25)22(26)24-12-9-17-5-1-2-7-20(17)16-24/h1-8,18H,9-14,16H2. The molecule has 2 aliphatic heterocycles. The number of amides is 1. The molecule has 0 atom stereocenters. The topological polar surface area (TPSA) is 81.5 Å². The first-order chi connectivity index (χ1) is 14.0. The molecule has 2 aliphatic rings. The molecule has 1 fully saturated rings. The molecule has 0 spiro atoms. The number of sulfonamides is 1. The van der Waals surface area contributed by atoms with E-state index in [2.05, 4.69) is 12.1 Å². The predicted molar refractivity (Wildman–Crippen MR) is 108 cm³/mol. The summed E-state index contributed by atoms with van der Waals surface area (Å²) >= 11 is 0. The van der Waals surface area contributed by atoms with Gasteiger partial charge in [-0.25, -0.2) is 8.42 Å². The second kappa shape index (κ2) is 7.97. The van der Waals surface area contributed by atoms with Gasteiger partial charge in [-0.3, -0.25) is 4.79 Å². The van der Waals surface area contributed by atoms with Crippen molar-refractivity contribution in [1.29, 1.82) is 5.26 Å². The molecule has 0 aromatic heterocycles. The zero-order chi connectivity index (χ0) is 20.4. The van der Waals surface area contributed by atoms with Crippen LogP contribution in [0.1, 0.15) is 29.5 Å². The molecule has 2 heterocycles. The largest absolute Gasteiger partial charge is 0.338 e. The molecule has 4 rings (SSSR count). The summed E-state index contributed by atoms with van der Waals surface area (Å²) in [5.41, 5.74) is 2.64. The Labute approximate surface area is 171 Å². The van der Waals surface area contributed by atoms with Crippen LogP contribution in [0.5, 0.6) is 0 Å². The molecule has 150 valence electrons. The fourth-order valence-electron chi connectivity index (χ4n) is 4.21. The van der Waals surface area contributed by atoms with Crippen LogP contribution in [0.2, 0.25) is 0 Å². The van der Waals surface area contributed by atoms with Gasteiger partial charge in [0.1, 0.15) is 6.07 Å². The van der Waals surface area contributed by atoms with Gasteiger partial charge in [-0.05, 0) is 42.5 Å². The highest BCUT2D eigenvalue weighted by Crippen LogP contribution is 2.28. The van der Waals surface area contributed by atoms with E-state index in [1.165, 1.54) is 27.6 Å². The smallest absolute Gasteiger partial charge is 0.244 e. The Morgan fingerprint density at radius 3 is 2.34 bits per heavy atom. The number of hydrogen-bond acceptors (Lipinski definition) is 4. The number of benzene rings is 2. The van der Waals surface area contributed by atoms with Gasteiger partial charge in [-0.2, -0.15) is 9.57 Å². The summed E-state index contributed by atoms with van der Waals surface area (Å²) in [5, 5.41) is 9.23. The maximum absolute atomic E-state index is 13.0. The van der Waals surface area contributed by atoms with Crippen LogP contribution in [-0.2, 0) is 27.8 Å². The van der Waals surface area contributed by atoms with Gasteiger partial charge in [0.25, 0.3) is 0 Å². The highest BCUT2D eigenvalue weighted by molar-refractivity contribution is 7.89. The quantitative estimate of drug-likeness (QED) is 0.780. The third kappa shape index (κ3) is 3.78. The fourth-order valence-corrected chi connectivity index (χ4v) is 5.82. The first-order valence-electron chi connectivity index (χ1n) is 9.85. The van der Waals surface area contributed by atoms with E-state index in [1.54, 1.807) is 12.1 Å². The van der Waals surface area contributed by atoms with E-state index in [4.69, 9.17) is 0 Å². The van der Waals surface area contributed by atoms with E-state index in [0.29, 0.717) is 39.0 Å². The number of carbonyl (C=O) groups excluding carboxylic acids is 1. The molecular formula is C22H23N3O3S. The van der Waals surface area contributed by atoms with Gasteiger partial charge in [0.2, 0.25) is 15.9 Å². The second-order valence-electron chi connectivity index (χ2n) is 7.56. The Balaban J connectivity index is 1.42. The SMILES string of the molecule is N#Cc1ccccc1S(=O)(=O)N1CCC(C(=O)N2CCc3ccccc3C2)CC1. The number of nitrogens with zero attached hydrogens (tertiary/aromatic N) is 3. The molecule has 2 aromatic rings. The first-order valence-corrected chi connectivity index (χ1v) is 11.3. The minimum Gasteiger partial charge on any atom is -0.338 e. The molecule has 0 N–H and O–H groups in total. The minimum absolute atomic E-state index is 0.0416. The molecule has 7 heteroatoms. The van der Waals surface area contributed by atoms with Crippen molar-refractivity contribution in [3.05, 3.63) is 65.2 Å². The number of fused-ring (bicyclic) bond motifs is 1. The van der Waals surface area contributed by atoms with Gasteiger partial charge < -0.3 is 4.90 Å². The number of piperidine rings is 1. The van der Waals surface area contributed by atoms with Gasteiger partial charge >= 0.3 is 0 Å². The Kier molecular flexibility index (Phi) is 5.39. The molecule has 0 aliphatic carbocycles. The molecule has 1 amide bonds. The summed E-state index contributed by atoms with van der Waals surface area (Å²) in [7, 11) is -3.73. The van der Waals surface area contributed by atoms with E-state index in [-0.39, 0.29) is 22.3 Å². The predicted octanol–water partition coefficient (Wildman–Crippen LogP) is 2.54. The Bertz CT molecular complexity index is 1070. The molecular weight excluding hydrogens is 386 g/mol. The summed E-state index contributed by atoms with van der Waals surface area (Å²) in [6.45, 7) is 1.93. The summed E-state index contributed by atoms with van der Waals surface area (Å²) < 4.78 is 27.3. The van der Waals surface area contributed by atoms with Crippen molar-refractivity contribution in [3.63, 3.8) is 0 Å². The molecule has 6 nitrogen and oxygen atoms in total. The van der Waals surface area contributed by atoms with E-state index in [9.17, 15) is 18.5 Å². The highest BCUT2D eigenvalue weighted by atomic mass is 32.2. The van der Waals surface area contributed by atoms with Crippen molar-refractivity contribution in [2.45, 2.75) is 30.7 Å². The molecule has 0 saturated carbocycles. The summed E-state index contributed by atoms with van der Waals surface area (Å²) in [5.74, 6) is -0.0353. The molecule has 0 unspecified atom stereocenters. The summed E-state index contributed by atoms with van der Waals surface area (Å²) in [6, 6.07) is 16.4. The average molecular weight is 410 g/mol. The van der Waals surface area contributed by atoms with E-state index >= 15 is 0 Å². The van der Waals surface area contributed by atoms with Crippen molar-refractivity contribution < 1.29 is 13.2 Å². The lowest BCUT2D eigenvalue weighted by molar-refractivity contribution is -0.137. The van der Waals surface area contributed by atoms with Crippen LogP contribution in [0.3, 0.4) is 0 Å². The van der Waals surface area contributed by atoms with Crippen molar-refractivity contribution in [3.8, 4) is 6.07 Å². The van der Waals surface area contributed by atoms with Crippen LogP contribution >= 0.6 is 0 Å². The lowest BCUT2D eigenvalue weighted by Crippen LogP contribution is -2.45. The highest BCUT2D eigenvalue weighted by Gasteiger charge is 2.35. The van der Waals surface area contributed by atoms with Gasteiger partial charge in [-0.15, -0.1) is 0 Å². The number of carbonyl (C=O) groups is 1. The van der Waals surface area contributed by atoms with Crippen LogP contribution in [0, 0.1) is 17.2 Å². The lowest BCUT2D eigenvalue weighted by Gasteiger charge is -2.35. The zero-order valence-electron chi connectivity index (χ0n) is 16.1. The molecule has 1 saturated heterocycles. The summed E-state index contributed by atoms with van der Waals surface area (Å²) in [6.07, 6.45) is 1.87. The third-order valence-corrected chi connectivity index (χ3v) is 7.83. The maximum atomic E-state index is 13.0. The average Bonchev–Trinajstić information content (AvgIpc) is 2.78. The van der Waals surface area contributed by atoms with Crippen LogP contribution in [-0.4, -0.2) is 43.2 Å². The van der Waals surface area contributed by atoms with E-state index < -0.39 is 10.0 Å². The molecule has 2 aromatic carbocycles. The molecule has 0 radical (unpaired) electrons. The normalized spacial score (nSPS) is 18.1. The Morgan fingerprint density at radius 1 is 0.966 bits per heavy atom. The van der Waals surface area contributed by atoms with Gasteiger partial charge in [0, 0.05) is 32.1 Å². The van der Waals surface area contributed by atoms with Crippen LogP contribution in [0.4, 0.5) is 0 Å². The van der Waals surface area contributed by atoms with Gasteiger partial charge in [0.15, 0.2) is 0 Å². The maximum Gasteiger partial charge on any atom is 0.244 e. The zero-order valence-corrected chi connectivity index (χ0v) is 16.9. The lowest BCUT2D eigenvalue weighted by atomic mass is 9.94. The van der Waals surface area contributed by atoms with Gasteiger partial charge in [0.05, 0.1) is 10.5 Å². The van der Waals surface area contributed by atoms with E-state index in [0.717, 1.165) is 6.42 Å². The molecule has 0 bridgehead atoms. The third-order valence-electron chi connectivity index (χ3n) is 5.87. The fraction of sp³-hybridized carbons (Fsp3) is 0.364. The van der Waals surface area contributed by atoms with Crippen molar-refractivity contribution in [2.24, 2.45) is 5.92 Å². The monoisotopic (exact) mass is 409 g/mol. The summed E-state index contributed by atoms with van der Waals surface area (Å²) in [4.78, 5) is 15.0. The van der Waals surface area contributed by atoms with Crippen molar-refractivity contribution in [1.82, 2.24) is 9.21 Å². The van der Waals surface area contributed by atoms with Crippen molar-refractivity contribution >= 4 is 15.9 Å². The minimum atomic E-state index is -3.73. The Hall–Kier alpha value is -2.69. The number of hydrogen-bond donors (Lipinski definition) is 0. The van der Waals surface area contributed by atoms with Gasteiger partial charge in [-0.1, -0.05) is 36.4 Å². The number of rotatable bonds is 3. The van der Waals surface area contributed by atoms with Crippen LogP contribution in [0.25, 0.3) is 0 Å². The van der Waals surface area contributed by atoms with Crippen LogP contribution < -0.4 is 0 Å².